The molecule has 55 heavy (non-hydrogen) atoms. The smallest absolute Gasteiger partial charge is 0.305 e. The standard InChI is InChI=1S/C45H90O10/c1-3-5-7-9-11-13-15-16-17-19-21-23-25-27-45(46)55-44-43-54-42-41-53-40-39-52-38-37-51-36-35-50-34-33-49-32-31-48-30-29-47-28-26-24-22-20-18-14-12-10-8-6-4-2/h3-44H2,1-2H3. The van der Waals surface area contributed by atoms with E-state index in [4.69, 9.17) is 42.6 Å². The molecule has 0 atom stereocenters. The van der Waals surface area contributed by atoms with Crippen LogP contribution in [0.25, 0.3) is 0 Å². The van der Waals surface area contributed by atoms with E-state index in [1.807, 2.05) is 0 Å². The van der Waals surface area contributed by atoms with E-state index >= 15 is 0 Å². The quantitative estimate of drug-likeness (QED) is 0.0437. The molecule has 10 nitrogen and oxygen atoms in total. The average molecular weight is 791 g/mol. The molecule has 0 spiro atoms. The third kappa shape index (κ3) is 51.1. The molecule has 10 heteroatoms. The highest BCUT2D eigenvalue weighted by Gasteiger charge is 2.03. The summed E-state index contributed by atoms with van der Waals surface area (Å²) in [6.45, 7) is 13.6. The predicted molar refractivity (Wildman–Crippen MR) is 224 cm³/mol. The van der Waals surface area contributed by atoms with Gasteiger partial charge in [-0.2, -0.15) is 0 Å². The summed E-state index contributed by atoms with van der Waals surface area (Å²) >= 11 is 0. The number of hydrogen-bond donors (Lipinski definition) is 0. The zero-order chi connectivity index (χ0) is 39.6. The van der Waals surface area contributed by atoms with E-state index < -0.39 is 0 Å². The second-order valence-corrected chi connectivity index (χ2v) is 14.6. The minimum absolute atomic E-state index is 0.125. The van der Waals surface area contributed by atoms with Gasteiger partial charge in [-0.25, -0.2) is 0 Å². The molecule has 0 aromatic carbocycles. The minimum atomic E-state index is -0.125. The lowest BCUT2D eigenvalue weighted by Gasteiger charge is -2.09. The molecular formula is C45H90O10. The summed E-state index contributed by atoms with van der Waals surface area (Å²) in [6.07, 6.45) is 32.3. The van der Waals surface area contributed by atoms with Crippen LogP contribution in [-0.2, 0) is 47.4 Å². The Morgan fingerprint density at radius 3 is 0.764 bits per heavy atom. The minimum Gasteiger partial charge on any atom is -0.463 e. The predicted octanol–water partition coefficient (Wildman–Crippen LogP) is 10.5. The van der Waals surface area contributed by atoms with Gasteiger partial charge >= 0.3 is 5.97 Å². The van der Waals surface area contributed by atoms with Crippen molar-refractivity contribution in [3.63, 3.8) is 0 Å². The molecule has 0 aromatic heterocycles. The number of carbonyl (C=O) groups excluding carboxylic acids is 1. The molecule has 0 unspecified atom stereocenters. The van der Waals surface area contributed by atoms with Crippen LogP contribution in [0.4, 0.5) is 0 Å². The second-order valence-electron chi connectivity index (χ2n) is 14.6. The van der Waals surface area contributed by atoms with Crippen molar-refractivity contribution in [1.29, 1.82) is 0 Å². The van der Waals surface area contributed by atoms with E-state index in [0.29, 0.717) is 112 Å². The zero-order valence-electron chi connectivity index (χ0n) is 36.3. The van der Waals surface area contributed by atoms with Crippen molar-refractivity contribution in [2.75, 3.05) is 112 Å². The molecule has 0 amide bonds. The SMILES string of the molecule is CCCCCCCCCCCCCCCC(=O)OCCOCCOCCOCCOCCOCCOCCOCCOCCCCCCCCCCCCC. The van der Waals surface area contributed by atoms with E-state index in [0.717, 1.165) is 25.9 Å². The molecular weight excluding hydrogens is 700 g/mol. The van der Waals surface area contributed by atoms with Crippen molar-refractivity contribution in [2.24, 2.45) is 0 Å². The zero-order valence-corrected chi connectivity index (χ0v) is 36.3. The summed E-state index contributed by atoms with van der Waals surface area (Å²) in [4.78, 5) is 11.9. The van der Waals surface area contributed by atoms with Crippen LogP contribution in [0.2, 0.25) is 0 Å². The van der Waals surface area contributed by atoms with Gasteiger partial charge < -0.3 is 42.6 Å². The molecule has 0 fully saturated rings. The molecule has 0 aliphatic carbocycles. The molecule has 0 heterocycles. The summed E-state index contributed by atoms with van der Waals surface area (Å²) in [6, 6.07) is 0. The number of hydrogen-bond acceptors (Lipinski definition) is 10. The first-order chi connectivity index (χ1) is 27.3. The summed E-state index contributed by atoms with van der Waals surface area (Å²) in [7, 11) is 0. The number of carbonyl (C=O) groups is 1. The fourth-order valence-corrected chi connectivity index (χ4v) is 6.08. The number of esters is 1. The summed E-state index contributed by atoms with van der Waals surface area (Å²) in [5.74, 6) is -0.125. The van der Waals surface area contributed by atoms with Gasteiger partial charge in [0.1, 0.15) is 6.61 Å². The molecule has 0 aliphatic rings. The Kier molecular flexibility index (Phi) is 50.4. The Bertz CT molecular complexity index is 699. The van der Waals surface area contributed by atoms with Gasteiger partial charge in [0.05, 0.1) is 99.1 Å². The van der Waals surface area contributed by atoms with Gasteiger partial charge in [-0.05, 0) is 12.8 Å². The first-order valence-electron chi connectivity index (χ1n) is 23.1. The van der Waals surface area contributed by atoms with Crippen molar-refractivity contribution >= 4 is 5.97 Å². The highest BCUT2D eigenvalue weighted by atomic mass is 16.6. The van der Waals surface area contributed by atoms with Crippen molar-refractivity contribution < 1.29 is 47.4 Å². The highest BCUT2D eigenvalue weighted by molar-refractivity contribution is 5.69. The van der Waals surface area contributed by atoms with Crippen molar-refractivity contribution in [3.05, 3.63) is 0 Å². The number of ether oxygens (including phenoxy) is 9. The molecule has 0 aliphatic heterocycles. The molecule has 330 valence electrons. The van der Waals surface area contributed by atoms with Crippen LogP contribution in [0.3, 0.4) is 0 Å². The van der Waals surface area contributed by atoms with E-state index in [1.165, 1.54) is 135 Å². The number of rotatable bonds is 50. The fraction of sp³-hybridized carbons (Fsp3) is 0.978. The topological polar surface area (TPSA) is 100 Å². The van der Waals surface area contributed by atoms with Gasteiger partial charge in [0.15, 0.2) is 0 Å². The van der Waals surface area contributed by atoms with Crippen LogP contribution < -0.4 is 0 Å². The highest BCUT2D eigenvalue weighted by Crippen LogP contribution is 2.14. The van der Waals surface area contributed by atoms with Crippen LogP contribution in [0, 0.1) is 0 Å². The second kappa shape index (κ2) is 51.2. The van der Waals surface area contributed by atoms with E-state index in [1.54, 1.807) is 0 Å². The van der Waals surface area contributed by atoms with Gasteiger partial charge in [0.2, 0.25) is 0 Å². The Balaban J connectivity index is 3.12. The van der Waals surface area contributed by atoms with E-state index in [2.05, 4.69) is 13.8 Å². The average Bonchev–Trinajstić information content (AvgIpc) is 3.19. The normalized spacial score (nSPS) is 11.5. The summed E-state index contributed by atoms with van der Waals surface area (Å²) in [5.41, 5.74) is 0. The van der Waals surface area contributed by atoms with E-state index in [-0.39, 0.29) is 5.97 Å². The van der Waals surface area contributed by atoms with Crippen LogP contribution in [0.15, 0.2) is 0 Å². The van der Waals surface area contributed by atoms with Gasteiger partial charge in [-0.15, -0.1) is 0 Å². The first-order valence-corrected chi connectivity index (χ1v) is 23.1. The van der Waals surface area contributed by atoms with Gasteiger partial charge in [-0.3, -0.25) is 4.79 Å². The van der Waals surface area contributed by atoms with Crippen molar-refractivity contribution in [3.8, 4) is 0 Å². The van der Waals surface area contributed by atoms with Crippen molar-refractivity contribution in [1.82, 2.24) is 0 Å². The van der Waals surface area contributed by atoms with Crippen LogP contribution in [-0.4, -0.2) is 118 Å². The largest absolute Gasteiger partial charge is 0.463 e. The maximum Gasteiger partial charge on any atom is 0.305 e. The van der Waals surface area contributed by atoms with E-state index in [9.17, 15) is 4.79 Å². The third-order valence-electron chi connectivity index (χ3n) is 9.47. The Hall–Kier alpha value is -0.850. The maximum absolute atomic E-state index is 11.9. The van der Waals surface area contributed by atoms with Crippen molar-refractivity contribution in [2.45, 2.75) is 174 Å². The molecule has 0 saturated heterocycles. The number of unbranched alkanes of at least 4 members (excludes halogenated alkanes) is 22. The fourth-order valence-electron chi connectivity index (χ4n) is 6.08. The lowest BCUT2D eigenvalue weighted by atomic mass is 10.0. The van der Waals surface area contributed by atoms with Crippen LogP contribution in [0.1, 0.15) is 174 Å². The molecule has 0 radical (unpaired) electrons. The maximum atomic E-state index is 11.9. The first kappa shape index (κ1) is 54.2. The van der Waals surface area contributed by atoms with Gasteiger partial charge in [0.25, 0.3) is 0 Å². The Labute approximate surface area is 339 Å². The lowest BCUT2D eigenvalue weighted by molar-refractivity contribution is -0.145. The lowest BCUT2D eigenvalue weighted by Crippen LogP contribution is -2.15. The molecule has 0 bridgehead atoms. The molecule has 0 saturated carbocycles. The van der Waals surface area contributed by atoms with Gasteiger partial charge in [0, 0.05) is 13.0 Å². The molecule has 0 aromatic rings. The third-order valence-corrected chi connectivity index (χ3v) is 9.47. The summed E-state index contributed by atoms with van der Waals surface area (Å²) < 4.78 is 49.6. The molecule has 0 rings (SSSR count). The Morgan fingerprint density at radius 1 is 0.255 bits per heavy atom. The monoisotopic (exact) mass is 791 g/mol. The van der Waals surface area contributed by atoms with Crippen LogP contribution >= 0.6 is 0 Å². The Morgan fingerprint density at radius 2 is 0.473 bits per heavy atom. The molecule has 0 N–H and O–H groups in total. The van der Waals surface area contributed by atoms with Gasteiger partial charge in [-0.1, -0.05) is 155 Å². The van der Waals surface area contributed by atoms with Crippen LogP contribution in [0.5, 0.6) is 0 Å². The summed E-state index contributed by atoms with van der Waals surface area (Å²) in [5, 5.41) is 0.